The number of pyridine rings is 2. The second-order valence-corrected chi connectivity index (χ2v) is 12.9. The third-order valence-electron chi connectivity index (χ3n) is 7.75. The van der Waals surface area contributed by atoms with Gasteiger partial charge in [0.05, 0.1) is 28.9 Å². The van der Waals surface area contributed by atoms with E-state index in [4.69, 9.17) is 9.47 Å². The van der Waals surface area contributed by atoms with Crippen molar-refractivity contribution in [3.05, 3.63) is 42.0 Å². The van der Waals surface area contributed by atoms with Crippen LogP contribution in [-0.4, -0.2) is 82.1 Å². The van der Waals surface area contributed by atoms with E-state index in [-0.39, 0.29) is 41.8 Å². The SMILES string of the molecule is COC1CC2(C1)C(=O)N(C)c1cnc3cc(F)c(-c4cnc(OCCNC(C)C)c(NS(=O)(=O)N(C)C)c4)cc3c12. The molecule has 220 valence electrons. The van der Waals surface area contributed by atoms with Crippen molar-refractivity contribution in [2.24, 2.45) is 0 Å². The fourth-order valence-electron chi connectivity index (χ4n) is 5.49. The quantitative estimate of drug-likeness (QED) is 0.347. The molecule has 0 bridgehead atoms. The van der Waals surface area contributed by atoms with Crippen LogP contribution in [0.1, 0.15) is 32.3 Å². The number of nitrogens with one attached hydrogen (secondary N) is 2. The molecule has 1 fully saturated rings. The van der Waals surface area contributed by atoms with Crippen molar-refractivity contribution < 1.29 is 27.1 Å². The highest BCUT2D eigenvalue weighted by Crippen LogP contribution is 2.56. The average molecular weight is 587 g/mol. The highest BCUT2D eigenvalue weighted by Gasteiger charge is 2.58. The number of hydrogen-bond acceptors (Lipinski definition) is 8. The summed E-state index contributed by atoms with van der Waals surface area (Å²) >= 11 is 0. The Labute approximate surface area is 239 Å². The van der Waals surface area contributed by atoms with Crippen LogP contribution < -0.4 is 19.7 Å². The number of anilines is 2. The summed E-state index contributed by atoms with van der Waals surface area (Å²) in [5.74, 6) is -0.519. The average Bonchev–Trinajstić information content (AvgIpc) is 3.12. The molecule has 0 atom stereocenters. The highest BCUT2D eigenvalue weighted by atomic mass is 32.2. The van der Waals surface area contributed by atoms with E-state index in [9.17, 15) is 13.2 Å². The lowest BCUT2D eigenvalue weighted by Gasteiger charge is -2.43. The minimum atomic E-state index is -3.91. The minimum Gasteiger partial charge on any atom is -0.475 e. The van der Waals surface area contributed by atoms with Gasteiger partial charge in [0.25, 0.3) is 0 Å². The molecule has 0 saturated heterocycles. The Hall–Kier alpha value is -3.39. The van der Waals surface area contributed by atoms with Gasteiger partial charge in [-0.2, -0.15) is 12.7 Å². The van der Waals surface area contributed by atoms with E-state index in [1.807, 2.05) is 13.8 Å². The van der Waals surface area contributed by atoms with Gasteiger partial charge in [-0.3, -0.25) is 14.5 Å². The maximum atomic E-state index is 15.6. The van der Waals surface area contributed by atoms with E-state index >= 15 is 4.39 Å². The van der Waals surface area contributed by atoms with E-state index in [1.165, 1.54) is 32.4 Å². The molecule has 11 nitrogen and oxygen atoms in total. The number of benzene rings is 1. The summed E-state index contributed by atoms with van der Waals surface area (Å²) in [6.07, 6.45) is 4.07. The predicted molar refractivity (Wildman–Crippen MR) is 155 cm³/mol. The number of ether oxygens (including phenoxy) is 2. The fraction of sp³-hybridized carbons (Fsp3) is 0.464. The van der Waals surface area contributed by atoms with Crippen molar-refractivity contribution in [1.82, 2.24) is 19.6 Å². The molecule has 3 aromatic rings. The topological polar surface area (TPSA) is 126 Å². The van der Waals surface area contributed by atoms with Gasteiger partial charge in [0.15, 0.2) is 0 Å². The molecule has 1 saturated carbocycles. The van der Waals surface area contributed by atoms with E-state index in [0.29, 0.717) is 41.5 Å². The normalized spacial score (nSPS) is 20.3. The molecule has 5 rings (SSSR count). The lowest BCUT2D eigenvalue weighted by atomic mass is 9.62. The first-order valence-corrected chi connectivity index (χ1v) is 14.8. The van der Waals surface area contributed by atoms with Gasteiger partial charge in [-0.25, -0.2) is 9.37 Å². The second-order valence-electron chi connectivity index (χ2n) is 11.0. The third-order valence-corrected chi connectivity index (χ3v) is 9.19. The summed E-state index contributed by atoms with van der Waals surface area (Å²) in [6.45, 7) is 4.78. The molecule has 1 aliphatic carbocycles. The molecule has 1 amide bonds. The molecule has 0 radical (unpaired) electrons. The summed E-state index contributed by atoms with van der Waals surface area (Å²) in [4.78, 5) is 23.8. The number of carbonyl (C=O) groups is 1. The maximum Gasteiger partial charge on any atom is 0.301 e. The predicted octanol–water partition coefficient (Wildman–Crippen LogP) is 3.05. The minimum absolute atomic E-state index is 0.0310. The Morgan fingerprint density at radius 3 is 2.59 bits per heavy atom. The second kappa shape index (κ2) is 10.8. The van der Waals surface area contributed by atoms with Crippen molar-refractivity contribution >= 4 is 38.4 Å². The fourth-order valence-corrected chi connectivity index (χ4v) is 6.10. The van der Waals surface area contributed by atoms with E-state index < -0.39 is 21.4 Å². The van der Waals surface area contributed by atoms with Crippen LogP contribution in [-0.2, 0) is 25.2 Å². The van der Waals surface area contributed by atoms with Crippen LogP contribution in [0.15, 0.2) is 30.6 Å². The van der Waals surface area contributed by atoms with E-state index in [1.54, 1.807) is 31.3 Å². The van der Waals surface area contributed by atoms with Gasteiger partial charge in [-0.1, -0.05) is 13.8 Å². The molecular formula is C28H35FN6O5S. The van der Waals surface area contributed by atoms with E-state index in [0.717, 1.165) is 9.87 Å². The summed E-state index contributed by atoms with van der Waals surface area (Å²) in [7, 11) is 2.22. The molecule has 1 aliphatic heterocycles. The lowest BCUT2D eigenvalue weighted by Crippen LogP contribution is -2.51. The first-order valence-electron chi connectivity index (χ1n) is 13.4. The number of aromatic nitrogens is 2. The molecule has 0 unspecified atom stereocenters. The smallest absolute Gasteiger partial charge is 0.301 e. The molecule has 2 N–H and O–H groups in total. The molecule has 2 aliphatic rings. The van der Waals surface area contributed by atoms with Gasteiger partial charge in [0.2, 0.25) is 11.8 Å². The zero-order valence-corrected chi connectivity index (χ0v) is 24.8. The van der Waals surface area contributed by atoms with Crippen molar-refractivity contribution in [3.8, 4) is 17.0 Å². The first-order chi connectivity index (χ1) is 19.4. The van der Waals surface area contributed by atoms with Crippen LogP contribution in [0.3, 0.4) is 0 Å². The van der Waals surface area contributed by atoms with Gasteiger partial charge < -0.3 is 19.7 Å². The Kier molecular flexibility index (Phi) is 7.66. The Morgan fingerprint density at radius 2 is 1.93 bits per heavy atom. The zero-order chi connectivity index (χ0) is 29.7. The van der Waals surface area contributed by atoms with Crippen molar-refractivity contribution in [2.75, 3.05) is 51.0 Å². The van der Waals surface area contributed by atoms with Gasteiger partial charge in [-0.15, -0.1) is 0 Å². The zero-order valence-electron chi connectivity index (χ0n) is 24.0. The Bertz CT molecular complexity index is 1610. The van der Waals surface area contributed by atoms with Crippen molar-refractivity contribution in [3.63, 3.8) is 0 Å². The molecule has 1 aromatic carbocycles. The van der Waals surface area contributed by atoms with Crippen LogP contribution in [0.5, 0.6) is 5.88 Å². The van der Waals surface area contributed by atoms with Crippen LogP contribution in [0.25, 0.3) is 22.0 Å². The number of carbonyl (C=O) groups excluding carboxylic acids is 1. The Morgan fingerprint density at radius 1 is 1.20 bits per heavy atom. The molecule has 1 spiro atoms. The monoisotopic (exact) mass is 586 g/mol. The number of amides is 1. The summed E-state index contributed by atoms with van der Waals surface area (Å²) in [6, 6.07) is 4.75. The van der Waals surface area contributed by atoms with Crippen LogP contribution in [0.2, 0.25) is 0 Å². The molecule has 2 aromatic heterocycles. The number of likely N-dealkylation sites (N-methyl/N-ethyl adjacent to an activating group) is 1. The van der Waals surface area contributed by atoms with Gasteiger partial charge >= 0.3 is 10.2 Å². The molecular weight excluding hydrogens is 551 g/mol. The molecule has 41 heavy (non-hydrogen) atoms. The number of hydrogen-bond donors (Lipinski definition) is 2. The van der Waals surface area contributed by atoms with Crippen molar-refractivity contribution in [1.29, 1.82) is 0 Å². The van der Waals surface area contributed by atoms with Crippen molar-refractivity contribution in [2.45, 2.75) is 44.2 Å². The van der Waals surface area contributed by atoms with Crippen LogP contribution >= 0.6 is 0 Å². The number of halogens is 1. The number of methoxy groups -OCH3 is 1. The standard InChI is InChI=1S/C28H35FN6O5S/c1-16(2)30-7-8-40-26-23(33-41(37,38)34(3)4)9-17(14-32-26)19-10-20-22(11-21(19)29)31-15-24-25(20)28(27(36)35(24)5)12-18(13-28)39-6/h9-11,14-16,18,30,33H,7-8,12-13H2,1-6H3. The summed E-state index contributed by atoms with van der Waals surface area (Å²) in [5, 5.41) is 3.88. The van der Waals surface area contributed by atoms with Crippen LogP contribution in [0, 0.1) is 5.82 Å². The Balaban J connectivity index is 1.60. The first kappa shape index (κ1) is 29.1. The number of fused-ring (bicyclic) bond motifs is 4. The molecule has 3 heterocycles. The number of nitrogens with zero attached hydrogens (tertiary/aromatic N) is 4. The highest BCUT2D eigenvalue weighted by molar-refractivity contribution is 7.90. The van der Waals surface area contributed by atoms with Gasteiger partial charge in [0.1, 0.15) is 18.1 Å². The largest absolute Gasteiger partial charge is 0.475 e. The van der Waals surface area contributed by atoms with Gasteiger partial charge in [-0.05, 0) is 25.0 Å². The summed E-state index contributed by atoms with van der Waals surface area (Å²) in [5.41, 5.74) is 1.76. The number of rotatable bonds is 10. The van der Waals surface area contributed by atoms with E-state index in [2.05, 4.69) is 20.0 Å². The summed E-state index contributed by atoms with van der Waals surface area (Å²) < 4.78 is 55.8. The third kappa shape index (κ3) is 5.11. The lowest BCUT2D eigenvalue weighted by molar-refractivity contribution is -0.131. The van der Waals surface area contributed by atoms with Crippen LogP contribution in [0.4, 0.5) is 15.8 Å². The maximum absolute atomic E-state index is 15.6. The van der Waals surface area contributed by atoms with Gasteiger partial charge in [0, 0.05) is 75.2 Å². The molecule has 13 heteroatoms.